The first-order chi connectivity index (χ1) is 9.90. The van der Waals surface area contributed by atoms with E-state index in [0.29, 0.717) is 0 Å². The number of halogens is 2. The van der Waals surface area contributed by atoms with Gasteiger partial charge < -0.3 is 0 Å². The van der Waals surface area contributed by atoms with Crippen molar-refractivity contribution in [3.63, 3.8) is 0 Å². The normalized spacial score (nSPS) is 11.6. The standard InChI is InChI=1S/C19H18Br2/c1-12(2)16(11-18(20)13(3)4)17-9-14-7-5-6-8-15(14)10-19(17)21/h5-11H,1H2,2-4H3/b16-11+. The lowest BCUT2D eigenvalue weighted by Gasteiger charge is -2.12. The van der Waals surface area contributed by atoms with E-state index in [1.807, 2.05) is 6.92 Å². The summed E-state index contributed by atoms with van der Waals surface area (Å²) in [5.41, 5.74) is 4.59. The molecule has 0 saturated heterocycles. The Bertz CT molecular complexity index is 760. The maximum Gasteiger partial charge on any atom is 0.0260 e. The smallest absolute Gasteiger partial charge is 0.0260 e. The Labute approximate surface area is 143 Å². The van der Waals surface area contributed by atoms with E-state index in [0.717, 1.165) is 20.1 Å². The molecule has 0 aliphatic rings. The van der Waals surface area contributed by atoms with Crippen LogP contribution in [0.1, 0.15) is 26.3 Å². The van der Waals surface area contributed by atoms with Gasteiger partial charge in [-0.25, -0.2) is 0 Å². The number of allylic oxidation sites excluding steroid dienone is 5. The van der Waals surface area contributed by atoms with Crippen LogP contribution in [0.3, 0.4) is 0 Å². The van der Waals surface area contributed by atoms with Crippen molar-refractivity contribution < 1.29 is 0 Å². The lowest BCUT2D eigenvalue weighted by atomic mass is 9.96. The summed E-state index contributed by atoms with van der Waals surface area (Å²) in [7, 11) is 0. The van der Waals surface area contributed by atoms with Crippen LogP contribution < -0.4 is 0 Å². The second-order valence-electron chi connectivity index (χ2n) is 5.37. The van der Waals surface area contributed by atoms with Crippen molar-refractivity contribution in [2.45, 2.75) is 20.8 Å². The van der Waals surface area contributed by atoms with Gasteiger partial charge in [-0.1, -0.05) is 73.9 Å². The van der Waals surface area contributed by atoms with E-state index >= 15 is 0 Å². The minimum atomic E-state index is 1.05. The molecule has 0 fully saturated rings. The summed E-state index contributed by atoms with van der Waals surface area (Å²) < 4.78 is 2.19. The Morgan fingerprint density at radius 2 is 1.62 bits per heavy atom. The van der Waals surface area contributed by atoms with E-state index < -0.39 is 0 Å². The SMILES string of the molecule is C=C(C)/C(=C\C(Br)=C(C)C)c1cc2ccccc2cc1Br. The Balaban J connectivity index is 2.69. The third-order valence-electron chi connectivity index (χ3n) is 3.33. The molecule has 0 aliphatic heterocycles. The summed E-state index contributed by atoms with van der Waals surface area (Å²) in [6.07, 6.45) is 2.15. The molecular formula is C19H18Br2. The zero-order valence-electron chi connectivity index (χ0n) is 12.5. The molecule has 2 aromatic carbocycles. The average molecular weight is 406 g/mol. The molecule has 0 unspecified atom stereocenters. The average Bonchev–Trinajstić information content (AvgIpc) is 2.43. The van der Waals surface area contributed by atoms with Crippen molar-refractivity contribution in [1.82, 2.24) is 0 Å². The van der Waals surface area contributed by atoms with E-state index in [9.17, 15) is 0 Å². The maximum absolute atomic E-state index is 4.13. The highest BCUT2D eigenvalue weighted by molar-refractivity contribution is 9.12. The van der Waals surface area contributed by atoms with Gasteiger partial charge in [-0.3, -0.25) is 0 Å². The van der Waals surface area contributed by atoms with E-state index in [1.54, 1.807) is 0 Å². The highest BCUT2D eigenvalue weighted by atomic mass is 79.9. The summed E-state index contributed by atoms with van der Waals surface area (Å²) in [4.78, 5) is 0. The number of hydrogen-bond donors (Lipinski definition) is 0. The summed E-state index contributed by atoms with van der Waals surface area (Å²) in [5, 5.41) is 2.46. The summed E-state index contributed by atoms with van der Waals surface area (Å²) in [6, 6.07) is 12.8. The van der Waals surface area contributed by atoms with Gasteiger partial charge in [0.15, 0.2) is 0 Å². The molecule has 2 aromatic rings. The van der Waals surface area contributed by atoms with Gasteiger partial charge in [-0.15, -0.1) is 0 Å². The minimum absolute atomic E-state index is 1.05. The van der Waals surface area contributed by atoms with E-state index in [4.69, 9.17) is 0 Å². The van der Waals surface area contributed by atoms with Crippen LogP contribution in [0.15, 0.2) is 69.2 Å². The summed E-state index contributed by atoms with van der Waals surface area (Å²) >= 11 is 7.33. The number of hydrogen-bond acceptors (Lipinski definition) is 0. The first kappa shape index (κ1) is 16.3. The molecule has 0 heterocycles. The zero-order chi connectivity index (χ0) is 15.6. The fourth-order valence-electron chi connectivity index (χ4n) is 2.12. The molecule has 0 spiro atoms. The molecule has 2 heteroatoms. The van der Waals surface area contributed by atoms with Crippen molar-refractivity contribution in [2.24, 2.45) is 0 Å². The largest absolute Gasteiger partial charge is 0.0955 e. The highest BCUT2D eigenvalue weighted by Gasteiger charge is 2.09. The first-order valence-corrected chi connectivity index (χ1v) is 8.38. The molecule has 0 N–H and O–H groups in total. The monoisotopic (exact) mass is 404 g/mol. The van der Waals surface area contributed by atoms with Crippen LogP contribution in [-0.2, 0) is 0 Å². The molecule has 108 valence electrons. The van der Waals surface area contributed by atoms with Crippen molar-refractivity contribution in [1.29, 1.82) is 0 Å². The van der Waals surface area contributed by atoms with Crippen LogP contribution in [0.5, 0.6) is 0 Å². The lowest BCUT2D eigenvalue weighted by Crippen LogP contribution is -1.90. The van der Waals surface area contributed by atoms with Gasteiger partial charge in [-0.2, -0.15) is 0 Å². The van der Waals surface area contributed by atoms with Gasteiger partial charge in [0.1, 0.15) is 0 Å². The van der Waals surface area contributed by atoms with E-state index in [1.165, 1.54) is 21.9 Å². The van der Waals surface area contributed by atoms with E-state index in [-0.39, 0.29) is 0 Å². The quantitative estimate of drug-likeness (QED) is 0.471. The molecule has 2 rings (SSSR count). The lowest BCUT2D eigenvalue weighted by molar-refractivity contribution is 1.38. The molecule has 21 heavy (non-hydrogen) atoms. The highest BCUT2D eigenvalue weighted by Crippen LogP contribution is 2.34. The molecule has 0 aromatic heterocycles. The Kier molecular flexibility index (Phi) is 5.23. The second kappa shape index (κ2) is 6.76. The first-order valence-electron chi connectivity index (χ1n) is 6.79. The van der Waals surface area contributed by atoms with Crippen LogP contribution in [0.2, 0.25) is 0 Å². The Morgan fingerprint density at radius 1 is 1.05 bits per heavy atom. The van der Waals surface area contributed by atoms with Crippen LogP contribution in [0.25, 0.3) is 16.3 Å². The topological polar surface area (TPSA) is 0 Å². The van der Waals surface area contributed by atoms with Crippen LogP contribution in [-0.4, -0.2) is 0 Å². The third-order valence-corrected chi connectivity index (χ3v) is 5.01. The van der Waals surface area contributed by atoms with Crippen molar-refractivity contribution in [3.8, 4) is 0 Å². The fraction of sp³-hybridized carbons (Fsp3) is 0.158. The van der Waals surface area contributed by atoms with Gasteiger partial charge >= 0.3 is 0 Å². The molecule has 0 nitrogen and oxygen atoms in total. The van der Waals surface area contributed by atoms with Crippen LogP contribution in [0, 0.1) is 0 Å². The molecular weight excluding hydrogens is 388 g/mol. The number of benzene rings is 2. The molecule has 0 bridgehead atoms. The van der Waals surface area contributed by atoms with Gasteiger partial charge in [0.2, 0.25) is 0 Å². The number of rotatable bonds is 3. The van der Waals surface area contributed by atoms with Crippen LogP contribution >= 0.6 is 31.9 Å². The van der Waals surface area contributed by atoms with Crippen molar-refractivity contribution in [2.75, 3.05) is 0 Å². The Morgan fingerprint density at radius 3 is 2.14 bits per heavy atom. The third kappa shape index (κ3) is 3.75. The molecule has 0 saturated carbocycles. The van der Waals surface area contributed by atoms with Crippen molar-refractivity contribution in [3.05, 3.63) is 74.7 Å². The minimum Gasteiger partial charge on any atom is -0.0955 e. The molecule has 0 aliphatic carbocycles. The zero-order valence-corrected chi connectivity index (χ0v) is 15.7. The van der Waals surface area contributed by atoms with Crippen LogP contribution in [0.4, 0.5) is 0 Å². The predicted octanol–water partition coefficient (Wildman–Crippen LogP) is 7.25. The summed E-state index contributed by atoms with van der Waals surface area (Å²) in [6.45, 7) is 10.4. The van der Waals surface area contributed by atoms with Crippen molar-refractivity contribution >= 4 is 48.2 Å². The molecule has 0 atom stereocenters. The van der Waals surface area contributed by atoms with Gasteiger partial charge in [0, 0.05) is 8.96 Å². The number of fused-ring (bicyclic) bond motifs is 1. The van der Waals surface area contributed by atoms with E-state index in [2.05, 4.69) is 94.8 Å². The van der Waals surface area contributed by atoms with Gasteiger partial charge in [-0.05, 0) is 60.9 Å². The summed E-state index contributed by atoms with van der Waals surface area (Å²) in [5.74, 6) is 0. The molecule has 0 radical (unpaired) electrons. The maximum atomic E-state index is 4.13. The Hall–Kier alpha value is -1.12. The van der Waals surface area contributed by atoms with Gasteiger partial charge in [0.25, 0.3) is 0 Å². The fourth-order valence-corrected chi connectivity index (χ4v) is 2.92. The van der Waals surface area contributed by atoms with Gasteiger partial charge in [0.05, 0.1) is 0 Å². The second-order valence-corrected chi connectivity index (χ2v) is 7.07. The molecule has 0 amide bonds. The predicted molar refractivity (Wildman–Crippen MR) is 102 cm³/mol.